The number of esters is 1. The first-order valence-electron chi connectivity index (χ1n) is 4.90. The molecular formula is C12H14O4. The largest absolute Gasteiger partial charge is 0.482 e. The van der Waals surface area contributed by atoms with Gasteiger partial charge in [-0.15, -0.1) is 0 Å². The molecule has 0 heterocycles. The number of hydrogen-bond donors (Lipinski definition) is 0. The Morgan fingerprint density at radius 3 is 2.69 bits per heavy atom. The van der Waals surface area contributed by atoms with Gasteiger partial charge in [0, 0.05) is 6.42 Å². The summed E-state index contributed by atoms with van der Waals surface area (Å²) < 4.78 is 9.64. The fourth-order valence-electron chi connectivity index (χ4n) is 1.23. The van der Waals surface area contributed by atoms with Crippen LogP contribution >= 0.6 is 0 Å². The summed E-state index contributed by atoms with van der Waals surface area (Å²) in [4.78, 5) is 21.8. The summed E-state index contributed by atoms with van der Waals surface area (Å²) in [5.41, 5.74) is 0.870. The number of Topliss-reactive ketones (excluding diaryl/α,β-unsaturated/α-hetero) is 1. The van der Waals surface area contributed by atoms with Gasteiger partial charge in [0.1, 0.15) is 11.5 Å². The second-order valence-corrected chi connectivity index (χ2v) is 3.39. The molecule has 0 amide bonds. The number of methoxy groups -OCH3 is 1. The third kappa shape index (κ3) is 4.13. The van der Waals surface area contributed by atoms with Gasteiger partial charge < -0.3 is 9.47 Å². The second-order valence-electron chi connectivity index (χ2n) is 3.39. The van der Waals surface area contributed by atoms with Crippen molar-refractivity contribution in [3.8, 4) is 5.75 Å². The molecule has 0 fully saturated rings. The highest BCUT2D eigenvalue weighted by atomic mass is 16.6. The van der Waals surface area contributed by atoms with Crippen molar-refractivity contribution in [2.24, 2.45) is 0 Å². The first-order valence-corrected chi connectivity index (χ1v) is 4.90. The quantitative estimate of drug-likeness (QED) is 0.706. The van der Waals surface area contributed by atoms with Gasteiger partial charge in [0.25, 0.3) is 0 Å². The van der Waals surface area contributed by atoms with E-state index in [0.29, 0.717) is 12.2 Å². The van der Waals surface area contributed by atoms with E-state index in [4.69, 9.17) is 4.74 Å². The highest BCUT2D eigenvalue weighted by Gasteiger charge is 2.03. The lowest BCUT2D eigenvalue weighted by atomic mass is 10.1. The molecule has 4 nitrogen and oxygen atoms in total. The first kappa shape index (κ1) is 12.2. The number of carbonyl (C=O) groups is 2. The van der Waals surface area contributed by atoms with E-state index in [1.807, 2.05) is 6.07 Å². The van der Waals surface area contributed by atoms with Crippen molar-refractivity contribution in [1.82, 2.24) is 0 Å². The SMILES string of the molecule is COC(=O)COc1cccc(CC(C)=O)c1. The highest BCUT2D eigenvalue weighted by molar-refractivity contribution is 5.78. The van der Waals surface area contributed by atoms with Crippen molar-refractivity contribution >= 4 is 11.8 Å². The third-order valence-corrected chi connectivity index (χ3v) is 1.94. The van der Waals surface area contributed by atoms with Crippen LogP contribution in [0.4, 0.5) is 0 Å². The minimum Gasteiger partial charge on any atom is -0.482 e. The summed E-state index contributed by atoms with van der Waals surface area (Å²) in [5.74, 6) is 0.214. The Morgan fingerprint density at radius 1 is 1.31 bits per heavy atom. The molecule has 1 aromatic carbocycles. The van der Waals surface area contributed by atoms with Gasteiger partial charge in [-0.1, -0.05) is 12.1 Å². The van der Waals surface area contributed by atoms with Crippen molar-refractivity contribution in [1.29, 1.82) is 0 Å². The van der Waals surface area contributed by atoms with Crippen LogP contribution in [0.2, 0.25) is 0 Å². The standard InChI is InChI=1S/C12H14O4/c1-9(13)6-10-4-3-5-11(7-10)16-8-12(14)15-2/h3-5,7H,6,8H2,1-2H3. The predicted octanol–water partition coefficient (Wildman–Crippen LogP) is 1.37. The van der Waals surface area contributed by atoms with Crippen molar-refractivity contribution < 1.29 is 19.1 Å². The molecule has 0 N–H and O–H groups in total. The minimum absolute atomic E-state index is 0.0881. The molecule has 1 rings (SSSR count). The number of benzene rings is 1. The smallest absolute Gasteiger partial charge is 0.343 e. The number of ketones is 1. The minimum atomic E-state index is -0.433. The average molecular weight is 222 g/mol. The number of ether oxygens (including phenoxy) is 2. The normalized spacial score (nSPS) is 9.62. The van der Waals surface area contributed by atoms with Gasteiger partial charge in [-0.05, 0) is 24.6 Å². The van der Waals surface area contributed by atoms with E-state index in [9.17, 15) is 9.59 Å². The molecule has 0 bridgehead atoms. The Hall–Kier alpha value is -1.84. The molecule has 0 saturated carbocycles. The van der Waals surface area contributed by atoms with Crippen LogP contribution in [0, 0.1) is 0 Å². The lowest BCUT2D eigenvalue weighted by Gasteiger charge is -2.06. The summed E-state index contributed by atoms with van der Waals surface area (Å²) >= 11 is 0. The lowest BCUT2D eigenvalue weighted by molar-refractivity contribution is -0.142. The lowest BCUT2D eigenvalue weighted by Crippen LogP contribution is -2.12. The molecule has 86 valence electrons. The molecule has 4 heteroatoms. The topological polar surface area (TPSA) is 52.6 Å². The Bertz CT molecular complexity index is 384. The van der Waals surface area contributed by atoms with Crippen LogP contribution in [-0.4, -0.2) is 25.5 Å². The Labute approximate surface area is 94.2 Å². The van der Waals surface area contributed by atoms with Gasteiger partial charge in [0.2, 0.25) is 0 Å². The van der Waals surface area contributed by atoms with Crippen LogP contribution in [0.3, 0.4) is 0 Å². The van der Waals surface area contributed by atoms with E-state index >= 15 is 0 Å². The van der Waals surface area contributed by atoms with E-state index in [1.165, 1.54) is 14.0 Å². The number of rotatable bonds is 5. The molecular weight excluding hydrogens is 208 g/mol. The molecule has 0 unspecified atom stereocenters. The molecule has 0 radical (unpaired) electrons. The molecule has 0 aliphatic rings. The molecule has 0 aromatic heterocycles. The molecule has 0 atom stereocenters. The number of carbonyl (C=O) groups excluding carboxylic acids is 2. The van der Waals surface area contributed by atoms with Crippen LogP contribution < -0.4 is 4.74 Å². The molecule has 0 aliphatic heterocycles. The average Bonchev–Trinajstić information content (AvgIpc) is 2.25. The summed E-state index contributed by atoms with van der Waals surface area (Å²) in [6.45, 7) is 1.40. The summed E-state index contributed by atoms with van der Waals surface area (Å²) in [7, 11) is 1.30. The molecule has 16 heavy (non-hydrogen) atoms. The monoisotopic (exact) mass is 222 g/mol. The van der Waals surface area contributed by atoms with Gasteiger partial charge in [-0.25, -0.2) is 4.79 Å². The summed E-state index contributed by atoms with van der Waals surface area (Å²) in [6, 6.07) is 7.09. The van der Waals surface area contributed by atoms with E-state index in [1.54, 1.807) is 18.2 Å². The van der Waals surface area contributed by atoms with Crippen molar-refractivity contribution in [3.63, 3.8) is 0 Å². The van der Waals surface area contributed by atoms with Crippen molar-refractivity contribution in [3.05, 3.63) is 29.8 Å². The van der Waals surface area contributed by atoms with E-state index in [2.05, 4.69) is 4.74 Å². The zero-order chi connectivity index (χ0) is 12.0. The molecule has 0 spiro atoms. The molecule has 0 aliphatic carbocycles. The summed E-state index contributed by atoms with van der Waals surface area (Å²) in [5, 5.41) is 0. The summed E-state index contributed by atoms with van der Waals surface area (Å²) in [6.07, 6.45) is 0.370. The zero-order valence-corrected chi connectivity index (χ0v) is 9.36. The molecule has 0 saturated heterocycles. The Kier molecular flexibility index (Phi) is 4.51. The highest BCUT2D eigenvalue weighted by Crippen LogP contribution is 2.13. The fourth-order valence-corrected chi connectivity index (χ4v) is 1.23. The van der Waals surface area contributed by atoms with E-state index in [-0.39, 0.29) is 12.4 Å². The van der Waals surface area contributed by atoms with Gasteiger partial charge in [-0.2, -0.15) is 0 Å². The van der Waals surface area contributed by atoms with Gasteiger partial charge in [0.05, 0.1) is 7.11 Å². The fraction of sp³-hybridized carbons (Fsp3) is 0.333. The van der Waals surface area contributed by atoms with Crippen molar-refractivity contribution in [2.45, 2.75) is 13.3 Å². The maximum Gasteiger partial charge on any atom is 0.343 e. The van der Waals surface area contributed by atoms with Crippen LogP contribution in [0.1, 0.15) is 12.5 Å². The second kappa shape index (κ2) is 5.90. The van der Waals surface area contributed by atoms with Crippen molar-refractivity contribution in [2.75, 3.05) is 13.7 Å². The first-order chi connectivity index (χ1) is 7.61. The van der Waals surface area contributed by atoms with Crippen LogP contribution in [0.25, 0.3) is 0 Å². The van der Waals surface area contributed by atoms with Crippen LogP contribution in [0.5, 0.6) is 5.75 Å². The molecule has 1 aromatic rings. The van der Waals surface area contributed by atoms with Gasteiger partial charge in [-0.3, -0.25) is 4.79 Å². The zero-order valence-electron chi connectivity index (χ0n) is 9.36. The predicted molar refractivity (Wildman–Crippen MR) is 58.3 cm³/mol. The van der Waals surface area contributed by atoms with Gasteiger partial charge in [0.15, 0.2) is 6.61 Å². The maximum absolute atomic E-state index is 10.9. The Balaban J connectivity index is 2.60. The maximum atomic E-state index is 10.9. The number of hydrogen-bond acceptors (Lipinski definition) is 4. The van der Waals surface area contributed by atoms with E-state index < -0.39 is 5.97 Å². The van der Waals surface area contributed by atoms with Crippen LogP contribution in [0.15, 0.2) is 24.3 Å². The van der Waals surface area contributed by atoms with E-state index in [0.717, 1.165) is 5.56 Å². The van der Waals surface area contributed by atoms with Crippen LogP contribution in [-0.2, 0) is 20.7 Å². The Morgan fingerprint density at radius 2 is 2.06 bits per heavy atom. The third-order valence-electron chi connectivity index (χ3n) is 1.94. The van der Waals surface area contributed by atoms with Gasteiger partial charge >= 0.3 is 5.97 Å².